The second-order valence-corrected chi connectivity index (χ2v) is 6.37. The van der Waals surface area contributed by atoms with Gasteiger partial charge >= 0.3 is 6.09 Å². The highest BCUT2D eigenvalue weighted by Crippen LogP contribution is 2.19. The maximum atomic E-state index is 10.6. The van der Waals surface area contributed by atoms with E-state index in [9.17, 15) is 9.59 Å². The van der Waals surface area contributed by atoms with Crippen LogP contribution in [-0.4, -0.2) is 112 Å². The first-order valence-corrected chi connectivity index (χ1v) is 8.05. The zero-order valence-corrected chi connectivity index (χ0v) is 14.6. The number of carboxylic acid groups (broad SMARTS) is 1. The maximum absolute atomic E-state index is 10.6. The number of ether oxygens (including phenoxy) is 1. The maximum Gasteiger partial charge on any atom is 0.414 e. The number of likely N-dealkylation sites (tertiary alicyclic amines) is 1. The Balaban J connectivity index is 0.000000577. The van der Waals surface area contributed by atoms with Crippen molar-refractivity contribution in [2.24, 2.45) is 10.8 Å². The molecule has 2 amide bonds. The van der Waals surface area contributed by atoms with Crippen molar-refractivity contribution in [2.45, 2.75) is 12.8 Å². The van der Waals surface area contributed by atoms with E-state index in [1.807, 2.05) is 0 Å². The van der Waals surface area contributed by atoms with Crippen LogP contribution in [0.25, 0.3) is 0 Å². The molecule has 0 saturated carbocycles. The molecule has 1 fully saturated rings. The third kappa shape index (κ3) is 7.11. The van der Waals surface area contributed by atoms with E-state index in [1.54, 1.807) is 0 Å². The summed E-state index contributed by atoms with van der Waals surface area (Å²) in [5.74, 6) is -0.275. The fourth-order valence-electron chi connectivity index (χ4n) is 1.91. The molecule has 0 aromatic carbocycles. The molecule has 11 heteroatoms. The monoisotopic (exact) mass is 383 g/mol. The molecule has 0 bridgehead atoms. The third-order valence-corrected chi connectivity index (χ3v) is 4.13. The zero-order chi connectivity index (χ0) is 20.2. The van der Waals surface area contributed by atoms with Crippen LogP contribution < -0.4 is 0 Å². The molecular formula is C15H29NO10. The second-order valence-electron chi connectivity index (χ2n) is 6.37. The molecule has 0 radical (unpaired) electrons. The number of amides is 2. The largest absolute Gasteiger partial charge is 0.465 e. The molecule has 1 rings (SSSR count). The van der Waals surface area contributed by atoms with Crippen LogP contribution in [0.1, 0.15) is 12.8 Å². The highest BCUT2D eigenvalue weighted by Gasteiger charge is 2.32. The highest BCUT2D eigenvalue weighted by atomic mass is 16.5. The zero-order valence-electron chi connectivity index (χ0n) is 14.6. The quantitative estimate of drug-likeness (QED) is 0.208. The standard InChI is InChI=1S/C10H22O7.C5H7NO3/c11-1-9(2-12,3-13)7-17-8-10(4-14,5-15)6-16;7-4-2-1-3-6(4)5(8)9/h11-16H,1-8H2;1-3H2,(H,8,9). The van der Waals surface area contributed by atoms with E-state index in [-0.39, 0.29) is 19.1 Å². The molecule has 0 aliphatic carbocycles. The molecule has 1 aliphatic heterocycles. The lowest BCUT2D eigenvalue weighted by molar-refractivity contribution is -0.125. The van der Waals surface area contributed by atoms with Gasteiger partial charge in [-0.25, -0.2) is 9.69 Å². The van der Waals surface area contributed by atoms with Crippen LogP contribution >= 0.6 is 0 Å². The molecule has 26 heavy (non-hydrogen) atoms. The Labute approximate surface area is 151 Å². The third-order valence-electron chi connectivity index (χ3n) is 4.13. The number of aliphatic hydroxyl groups excluding tert-OH is 6. The Morgan fingerprint density at radius 2 is 1.27 bits per heavy atom. The molecule has 7 N–H and O–H groups in total. The van der Waals surface area contributed by atoms with Crippen molar-refractivity contribution in [3.63, 3.8) is 0 Å². The average molecular weight is 383 g/mol. The molecule has 0 aromatic rings. The van der Waals surface area contributed by atoms with Gasteiger partial charge in [0.25, 0.3) is 0 Å². The van der Waals surface area contributed by atoms with Crippen molar-refractivity contribution in [1.29, 1.82) is 0 Å². The fraction of sp³-hybridized carbons (Fsp3) is 0.867. The summed E-state index contributed by atoms with van der Waals surface area (Å²) >= 11 is 0. The number of aliphatic hydroxyl groups is 6. The van der Waals surface area contributed by atoms with Crippen LogP contribution in [-0.2, 0) is 9.53 Å². The van der Waals surface area contributed by atoms with Crippen LogP contribution in [0.4, 0.5) is 4.79 Å². The minimum Gasteiger partial charge on any atom is -0.465 e. The number of carbonyl (C=O) groups excluding carboxylic acids is 1. The molecular weight excluding hydrogens is 354 g/mol. The van der Waals surface area contributed by atoms with Crippen molar-refractivity contribution >= 4 is 12.0 Å². The SMILES string of the molecule is O=C(O)N1CCCC1=O.OCC(CO)(CO)COCC(CO)(CO)CO. The van der Waals surface area contributed by atoms with Gasteiger partial charge in [0.05, 0.1) is 63.7 Å². The van der Waals surface area contributed by atoms with Gasteiger partial charge < -0.3 is 40.5 Å². The summed E-state index contributed by atoms with van der Waals surface area (Å²) in [6.07, 6.45) is -0.0743. The minimum atomic E-state index is -1.16. The summed E-state index contributed by atoms with van der Waals surface area (Å²) in [7, 11) is 0. The topological polar surface area (TPSA) is 188 Å². The van der Waals surface area contributed by atoms with Gasteiger partial charge in [0.1, 0.15) is 0 Å². The van der Waals surface area contributed by atoms with Gasteiger partial charge in [0, 0.05) is 13.0 Å². The highest BCUT2D eigenvalue weighted by molar-refractivity contribution is 5.92. The Kier molecular flexibility index (Phi) is 11.5. The van der Waals surface area contributed by atoms with Crippen LogP contribution in [0.3, 0.4) is 0 Å². The van der Waals surface area contributed by atoms with Crippen molar-refractivity contribution in [2.75, 3.05) is 59.4 Å². The Hall–Kier alpha value is -1.34. The predicted molar refractivity (Wildman–Crippen MR) is 87.2 cm³/mol. The van der Waals surface area contributed by atoms with Crippen molar-refractivity contribution < 1.29 is 50.1 Å². The lowest BCUT2D eigenvalue weighted by Gasteiger charge is -2.31. The number of imide groups is 1. The second kappa shape index (κ2) is 12.1. The number of rotatable bonds is 10. The molecule has 1 heterocycles. The van der Waals surface area contributed by atoms with Gasteiger partial charge in [-0.05, 0) is 6.42 Å². The first-order chi connectivity index (χ1) is 12.3. The smallest absolute Gasteiger partial charge is 0.414 e. The minimum absolute atomic E-state index is 0.141. The van der Waals surface area contributed by atoms with E-state index >= 15 is 0 Å². The summed E-state index contributed by atoms with van der Waals surface area (Å²) < 4.78 is 5.15. The number of hydrogen-bond donors (Lipinski definition) is 7. The van der Waals surface area contributed by atoms with E-state index in [2.05, 4.69) is 0 Å². The van der Waals surface area contributed by atoms with Gasteiger partial charge in [0.2, 0.25) is 5.91 Å². The van der Waals surface area contributed by atoms with E-state index in [0.29, 0.717) is 19.4 Å². The molecule has 11 nitrogen and oxygen atoms in total. The molecule has 0 spiro atoms. The summed E-state index contributed by atoms with van der Waals surface area (Å²) in [5.41, 5.74) is -2.32. The number of nitrogens with zero attached hydrogens (tertiary/aromatic N) is 1. The first-order valence-electron chi connectivity index (χ1n) is 8.05. The number of carbonyl (C=O) groups is 2. The normalized spacial score (nSPS) is 15.0. The van der Waals surface area contributed by atoms with Crippen molar-refractivity contribution in [3.8, 4) is 0 Å². The Morgan fingerprint density at radius 1 is 0.885 bits per heavy atom. The van der Waals surface area contributed by atoms with E-state index in [1.165, 1.54) is 0 Å². The van der Waals surface area contributed by atoms with Gasteiger partial charge in [-0.2, -0.15) is 0 Å². The predicted octanol–water partition coefficient (Wildman–Crippen LogP) is -2.78. The first kappa shape index (κ1) is 24.7. The summed E-state index contributed by atoms with van der Waals surface area (Å²) in [6, 6.07) is 0. The molecule has 1 saturated heterocycles. The van der Waals surface area contributed by atoms with Gasteiger partial charge in [-0.3, -0.25) is 4.79 Å². The molecule has 154 valence electrons. The molecule has 0 unspecified atom stereocenters. The van der Waals surface area contributed by atoms with Crippen molar-refractivity contribution in [3.05, 3.63) is 0 Å². The fourth-order valence-corrected chi connectivity index (χ4v) is 1.91. The molecule has 1 aliphatic rings. The van der Waals surface area contributed by atoms with Gasteiger partial charge in [0.15, 0.2) is 0 Å². The van der Waals surface area contributed by atoms with E-state index in [0.717, 1.165) is 4.90 Å². The Morgan fingerprint density at radius 3 is 1.46 bits per heavy atom. The lowest BCUT2D eigenvalue weighted by atomic mass is 9.91. The van der Waals surface area contributed by atoms with E-state index in [4.69, 9.17) is 40.5 Å². The van der Waals surface area contributed by atoms with Gasteiger partial charge in [-0.1, -0.05) is 0 Å². The molecule has 0 atom stereocenters. The summed E-state index contributed by atoms with van der Waals surface area (Å²) in [4.78, 5) is 21.5. The van der Waals surface area contributed by atoms with Crippen LogP contribution in [0.2, 0.25) is 0 Å². The summed E-state index contributed by atoms with van der Waals surface area (Å²) in [6.45, 7) is -2.64. The van der Waals surface area contributed by atoms with E-state index < -0.39 is 56.6 Å². The van der Waals surface area contributed by atoms with Crippen LogP contribution in [0.5, 0.6) is 0 Å². The lowest BCUT2D eigenvalue weighted by Crippen LogP contribution is -2.43. The van der Waals surface area contributed by atoms with Crippen molar-refractivity contribution in [1.82, 2.24) is 4.90 Å². The van der Waals surface area contributed by atoms with Crippen LogP contribution in [0, 0.1) is 10.8 Å². The van der Waals surface area contributed by atoms with Crippen LogP contribution in [0.15, 0.2) is 0 Å². The summed E-state index contributed by atoms with van der Waals surface area (Å²) in [5, 5.41) is 62.5. The Bertz CT molecular complexity index is 386. The van der Waals surface area contributed by atoms with Gasteiger partial charge in [-0.15, -0.1) is 0 Å². The number of hydrogen-bond acceptors (Lipinski definition) is 9. The average Bonchev–Trinajstić information content (AvgIpc) is 3.10. The molecule has 0 aromatic heterocycles.